The van der Waals surface area contributed by atoms with E-state index >= 15 is 0 Å². The van der Waals surface area contributed by atoms with Crippen molar-refractivity contribution >= 4 is 22.6 Å². The van der Waals surface area contributed by atoms with Crippen LogP contribution in [0, 0.1) is 12.7 Å². The Morgan fingerprint density at radius 2 is 1.88 bits per heavy atom. The third kappa shape index (κ3) is 4.02. The standard InChI is InChI=1S/C25H18FN5O3/c1-15-14-22(32)31(20-5-3-2-4-19(20)26)30-23(15)25(33)29-16-6-8-17(9-7-16)34-21-11-13-28-24-18(21)10-12-27-24/h2-14H,1H3,(H,27,28)(H,29,33). The quantitative estimate of drug-likeness (QED) is 0.403. The van der Waals surface area contributed by atoms with Crippen molar-refractivity contribution in [1.29, 1.82) is 0 Å². The smallest absolute Gasteiger partial charge is 0.276 e. The van der Waals surface area contributed by atoms with Gasteiger partial charge >= 0.3 is 0 Å². The van der Waals surface area contributed by atoms with E-state index in [1.165, 1.54) is 24.3 Å². The number of benzene rings is 2. The van der Waals surface area contributed by atoms with Gasteiger partial charge in [0.2, 0.25) is 0 Å². The Labute approximate surface area is 192 Å². The number of rotatable bonds is 5. The van der Waals surface area contributed by atoms with Crippen molar-refractivity contribution in [3.8, 4) is 17.2 Å². The summed E-state index contributed by atoms with van der Waals surface area (Å²) in [5.74, 6) is 0.0841. The number of nitrogens with one attached hydrogen (secondary N) is 2. The van der Waals surface area contributed by atoms with E-state index in [2.05, 4.69) is 20.4 Å². The van der Waals surface area contributed by atoms with Crippen LogP contribution in [0.2, 0.25) is 0 Å². The molecular formula is C25H18FN5O3. The number of nitrogens with zero attached hydrogens (tertiary/aromatic N) is 3. The van der Waals surface area contributed by atoms with Gasteiger partial charge in [-0.3, -0.25) is 9.59 Å². The molecule has 8 nitrogen and oxygen atoms in total. The Kier molecular flexibility index (Phi) is 5.35. The first-order chi connectivity index (χ1) is 16.5. The molecule has 2 aromatic carbocycles. The molecule has 0 atom stereocenters. The molecule has 0 fully saturated rings. The third-order valence-electron chi connectivity index (χ3n) is 5.18. The maximum Gasteiger partial charge on any atom is 0.276 e. The Morgan fingerprint density at radius 3 is 2.68 bits per heavy atom. The van der Waals surface area contributed by atoms with E-state index in [0.29, 0.717) is 22.7 Å². The zero-order valence-electron chi connectivity index (χ0n) is 17.9. The minimum atomic E-state index is -0.617. The van der Waals surface area contributed by atoms with Crippen molar-refractivity contribution in [2.45, 2.75) is 6.92 Å². The average molecular weight is 455 g/mol. The molecule has 3 heterocycles. The normalized spacial score (nSPS) is 10.9. The molecule has 0 saturated heterocycles. The molecule has 0 unspecified atom stereocenters. The van der Waals surface area contributed by atoms with Crippen LogP contribution < -0.4 is 15.6 Å². The molecule has 0 aliphatic rings. The van der Waals surface area contributed by atoms with Gasteiger partial charge in [-0.05, 0) is 61.0 Å². The van der Waals surface area contributed by atoms with Gasteiger partial charge in [-0.1, -0.05) is 12.1 Å². The van der Waals surface area contributed by atoms with Gasteiger partial charge in [0.05, 0.1) is 5.39 Å². The number of carbonyl (C=O) groups is 1. The molecule has 0 aliphatic carbocycles. The van der Waals surface area contributed by atoms with Crippen molar-refractivity contribution in [2.75, 3.05) is 5.32 Å². The number of aryl methyl sites for hydroxylation is 1. The number of pyridine rings is 1. The summed E-state index contributed by atoms with van der Waals surface area (Å²) in [6.45, 7) is 1.60. The van der Waals surface area contributed by atoms with Gasteiger partial charge in [-0.2, -0.15) is 9.78 Å². The van der Waals surface area contributed by atoms with Crippen molar-refractivity contribution in [3.05, 3.63) is 107 Å². The molecule has 0 spiro atoms. The largest absolute Gasteiger partial charge is 0.457 e. The monoisotopic (exact) mass is 455 g/mol. The van der Waals surface area contributed by atoms with Crippen molar-refractivity contribution in [2.24, 2.45) is 0 Å². The number of anilines is 1. The van der Waals surface area contributed by atoms with Crippen molar-refractivity contribution in [3.63, 3.8) is 0 Å². The highest BCUT2D eigenvalue weighted by atomic mass is 19.1. The summed E-state index contributed by atoms with van der Waals surface area (Å²) in [6, 6.07) is 17.4. The first kappa shape index (κ1) is 21.1. The lowest BCUT2D eigenvalue weighted by Gasteiger charge is -2.11. The van der Waals surface area contributed by atoms with Crippen LogP contribution in [0.15, 0.2) is 83.9 Å². The number of hydrogen-bond acceptors (Lipinski definition) is 5. The Hall–Kier alpha value is -4.79. The van der Waals surface area contributed by atoms with Gasteiger partial charge in [0, 0.05) is 24.1 Å². The highest BCUT2D eigenvalue weighted by Gasteiger charge is 2.16. The lowest BCUT2D eigenvalue weighted by Crippen LogP contribution is -2.27. The summed E-state index contributed by atoms with van der Waals surface area (Å²) >= 11 is 0. The van der Waals surface area contributed by atoms with Crippen molar-refractivity contribution in [1.82, 2.24) is 19.7 Å². The number of para-hydroxylation sites is 1. The second kappa shape index (κ2) is 8.62. The summed E-state index contributed by atoms with van der Waals surface area (Å²) in [5, 5.41) is 7.72. The average Bonchev–Trinajstić information content (AvgIpc) is 3.31. The van der Waals surface area contributed by atoms with Crippen LogP contribution in [0.5, 0.6) is 11.5 Å². The Morgan fingerprint density at radius 1 is 1.09 bits per heavy atom. The van der Waals surface area contributed by atoms with Crippen LogP contribution in [-0.2, 0) is 0 Å². The number of H-pyrrole nitrogens is 1. The van der Waals surface area contributed by atoms with Crippen LogP contribution in [0.1, 0.15) is 16.1 Å². The van der Waals surface area contributed by atoms with E-state index in [4.69, 9.17) is 4.74 Å². The maximum atomic E-state index is 14.2. The zero-order chi connectivity index (χ0) is 23.7. The van der Waals surface area contributed by atoms with Gasteiger partial charge in [-0.25, -0.2) is 9.37 Å². The predicted molar refractivity (Wildman–Crippen MR) is 125 cm³/mol. The molecule has 2 N–H and O–H groups in total. The maximum absolute atomic E-state index is 14.2. The van der Waals surface area contributed by atoms with Crippen molar-refractivity contribution < 1.29 is 13.9 Å². The molecule has 0 saturated carbocycles. The number of aromatic amines is 1. The van der Waals surface area contributed by atoms with E-state index in [1.807, 2.05) is 6.07 Å². The summed E-state index contributed by atoms with van der Waals surface area (Å²) in [5.41, 5.74) is 1.05. The lowest BCUT2D eigenvalue weighted by molar-refractivity contribution is 0.102. The van der Waals surface area contributed by atoms with Crippen LogP contribution in [-0.4, -0.2) is 25.7 Å². The summed E-state index contributed by atoms with van der Waals surface area (Å²) in [4.78, 5) is 32.5. The van der Waals surface area contributed by atoms with Gasteiger partial charge in [-0.15, -0.1) is 0 Å². The van der Waals surface area contributed by atoms with E-state index in [1.54, 1.807) is 55.7 Å². The zero-order valence-corrected chi connectivity index (χ0v) is 17.9. The fraction of sp³-hybridized carbons (Fsp3) is 0.0400. The molecule has 5 rings (SSSR count). The molecule has 9 heteroatoms. The number of ether oxygens (including phenoxy) is 1. The van der Waals surface area contributed by atoms with Crippen LogP contribution >= 0.6 is 0 Å². The summed E-state index contributed by atoms with van der Waals surface area (Å²) < 4.78 is 21.0. The van der Waals surface area contributed by atoms with Crippen LogP contribution in [0.4, 0.5) is 10.1 Å². The molecule has 0 aliphatic heterocycles. The number of hydrogen-bond donors (Lipinski definition) is 2. The molecular weight excluding hydrogens is 437 g/mol. The molecule has 1 amide bonds. The van der Waals surface area contributed by atoms with Gasteiger partial charge in [0.25, 0.3) is 11.5 Å². The Bertz CT molecular complexity index is 1570. The van der Waals surface area contributed by atoms with Crippen LogP contribution in [0.3, 0.4) is 0 Å². The van der Waals surface area contributed by atoms with Gasteiger partial charge < -0.3 is 15.0 Å². The first-order valence-electron chi connectivity index (χ1n) is 10.4. The van der Waals surface area contributed by atoms with E-state index in [9.17, 15) is 14.0 Å². The number of halogens is 1. The molecule has 0 radical (unpaired) electrons. The molecule has 3 aromatic heterocycles. The third-order valence-corrected chi connectivity index (χ3v) is 5.18. The number of carbonyl (C=O) groups excluding carboxylic acids is 1. The highest BCUT2D eigenvalue weighted by molar-refractivity contribution is 6.03. The second-order valence-electron chi connectivity index (χ2n) is 7.51. The number of aromatic nitrogens is 4. The number of fused-ring (bicyclic) bond motifs is 1. The minimum absolute atomic E-state index is 0.00909. The topological polar surface area (TPSA) is 102 Å². The van der Waals surface area contributed by atoms with Gasteiger partial charge in [0.15, 0.2) is 5.69 Å². The highest BCUT2D eigenvalue weighted by Crippen LogP contribution is 2.29. The second-order valence-corrected chi connectivity index (χ2v) is 7.51. The van der Waals surface area contributed by atoms with E-state index in [0.717, 1.165) is 15.7 Å². The van der Waals surface area contributed by atoms with E-state index < -0.39 is 17.3 Å². The lowest BCUT2D eigenvalue weighted by atomic mass is 10.2. The van der Waals surface area contributed by atoms with Crippen LogP contribution in [0.25, 0.3) is 16.7 Å². The summed E-state index contributed by atoms with van der Waals surface area (Å²) in [7, 11) is 0. The SMILES string of the molecule is Cc1cc(=O)n(-c2ccccc2F)nc1C(=O)Nc1ccc(Oc2ccnc3[nH]ccc23)cc1. The molecule has 5 aromatic rings. The predicted octanol–water partition coefficient (Wildman–Crippen LogP) is 4.60. The number of amides is 1. The molecule has 168 valence electrons. The fourth-order valence-corrected chi connectivity index (χ4v) is 3.51. The van der Waals surface area contributed by atoms with Gasteiger partial charge in [0.1, 0.15) is 28.7 Å². The minimum Gasteiger partial charge on any atom is -0.457 e. The first-order valence-corrected chi connectivity index (χ1v) is 10.4. The summed E-state index contributed by atoms with van der Waals surface area (Å²) in [6.07, 6.45) is 3.44. The van der Waals surface area contributed by atoms with E-state index in [-0.39, 0.29) is 11.4 Å². The Balaban J connectivity index is 1.36. The fourth-order valence-electron chi connectivity index (χ4n) is 3.51. The molecule has 0 bridgehead atoms. The molecule has 34 heavy (non-hydrogen) atoms.